The number of halogens is 7. The highest BCUT2D eigenvalue weighted by molar-refractivity contribution is 6.32. The van der Waals surface area contributed by atoms with Crippen molar-refractivity contribution in [2.45, 2.75) is 38.5 Å². The van der Waals surface area contributed by atoms with Crippen molar-refractivity contribution in [2.24, 2.45) is 5.92 Å². The van der Waals surface area contributed by atoms with E-state index in [0.717, 1.165) is 47.5 Å². The average Bonchev–Trinajstić information content (AvgIpc) is 3.73. The third-order valence-corrected chi connectivity index (χ3v) is 7.46. The molecule has 0 saturated carbocycles. The molecule has 6 rings (SSSR count). The van der Waals surface area contributed by atoms with E-state index in [1.54, 1.807) is 25.4 Å². The molecular formula is C31H28ClF6N7O7. The van der Waals surface area contributed by atoms with Crippen LogP contribution in [0.15, 0.2) is 53.4 Å². The summed E-state index contributed by atoms with van der Waals surface area (Å²) < 4.78 is 74.9. The number of nitrogens with zero attached hydrogens (tertiary/aromatic N) is 5. The van der Waals surface area contributed by atoms with Crippen molar-refractivity contribution in [3.8, 4) is 5.75 Å². The molecule has 1 aromatic carbocycles. The Bertz CT molecular complexity index is 1880. The van der Waals surface area contributed by atoms with Crippen LogP contribution in [0.25, 0.3) is 0 Å². The van der Waals surface area contributed by atoms with Gasteiger partial charge < -0.3 is 35.0 Å². The Balaban J connectivity index is 0.000000367. The first-order valence-electron chi connectivity index (χ1n) is 15.0. The number of fused-ring (bicyclic) bond motifs is 6. The van der Waals surface area contributed by atoms with Gasteiger partial charge in [-0.3, -0.25) is 9.78 Å². The third-order valence-electron chi connectivity index (χ3n) is 7.18. The third kappa shape index (κ3) is 11.2. The minimum absolute atomic E-state index is 0.102. The minimum atomic E-state index is -5.08. The molecule has 4 N–H and O–H groups in total. The number of amides is 1. The van der Waals surface area contributed by atoms with Crippen LogP contribution in [-0.4, -0.2) is 85.1 Å². The summed E-state index contributed by atoms with van der Waals surface area (Å²) in [5.41, 5.74) is 4.15. The zero-order valence-electron chi connectivity index (χ0n) is 26.8. The van der Waals surface area contributed by atoms with Crippen LogP contribution in [0.1, 0.15) is 33.8 Å². The zero-order chi connectivity index (χ0) is 38.2. The van der Waals surface area contributed by atoms with E-state index in [4.69, 9.17) is 40.7 Å². The van der Waals surface area contributed by atoms with Gasteiger partial charge in [0.05, 0.1) is 24.7 Å². The SMILES string of the molecule is Cc1cc(C(=O)N2CCC(COc3ccc4cc3CCc3cncc(c3)Nc3ncc(Cl)c(n3)N4)C2)no1.O=C(O)C(F)(F)F.O=C(O)C(F)(F)F. The van der Waals surface area contributed by atoms with Gasteiger partial charge in [-0.1, -0.05) is 16.8 Å². The average molecular weight is 760 g/mol. The van der Waals surface area contributed by atoms with Crippen LogP contribution in [-0.2, 0) is 22.4 Å². The van der Waals surface area contributed by atoms with Gasteiger partial charge in [0.15, 0.2) is 11.5 Å². The maximum Gasteiger partial charge on any atom is 0.490 e. The summed E-state index contributed by atoms with van der Waals surface area (Å²) in [5.74, 6) is -3.01. The van der Waals surface area contributed by atoms with Crippen LogP contribution in [0.3, 0.4) is 0 Å². The van der Waals surface area contributed by atoms with Crippen LogP contribution in [0.5, 0.6) is 5.75 Å². The van der Waals surface area contributed by atoms with Gasteiger partial charge in [-0.15, -0.1) is 0 Å². The molecule has 1 amide bonds. The molecule has 2 aliphatic rings. The number of likely N-dealkylation sites (tertiary alicyclic amines) is 1. The fourth-order valence-corrected chi connectivity index (χ4v) is 4.87. The van der Waals surface area contributed by atoms with Gasteiger partial charge in [-0.2, -0.15) is 31.3 Å². The van der Waals surface area contributed by atoms with E-state index < -0.39 is 24.3 Å². The van der Waals surface area contributed by atoms with Gasteiger partial charge in [-0.25, -0.2) is 14.6 Å². The van der Waals surface area contributed by atoms with E-state index in [-0.39, 0.29) is 11.8 Å². The van der Waals surface area contributed by atoms with Crippen molar-refractivity contribution in [1.82, 2.24) is 25.0 Å². The van der Waals surface area contributed by atoms with Gasteiger partial charge in [0.1, 0.15) is 16.5 Å². The lowest BCUT2D eigenvalue weighted by molar-refractivity contribution is -0.193. The molecule has 278 valence electrons. The first-order chi connectivity index (χ1) is 24.4. The Morgan fingerprint density at radius 3 is 2.31 bits per heavy atom. The van der Waals surface area contributed by atoms with Crippen molar-refractivity contribution in [3.05, 3.63) is 76.5 Å². The van der Waals surface area contributed by atoms with Crippen LogP contribution in [0.4, 0.5) is 49.5 Å². The fraction of sp³-hybridized carbons (Fsp3) is 0.323. The van der Waals surface area contributed by atoms with Gasteiger partial charge in [0, 0.05) is 37.0 Å². The molecule has 5 heterocycles. The molecule has 52 heavy (non-hydrogen) atoms. The summed E-state index contributed by atoms with van der Waals surface area (Å²) in [6.07, 6.45) is -2.59. The molecule has 14 nitrogen and oxygen atoms in total. The highest BCUT2D eigenvalue weighted by Gasteiger charge is 2.39. The van der Waals surface area contributed by atoms with E-state index in [2.05, 4.69) is 36.8 Å². The number of carbonyl (C=O) groups is 3. The number of rotatable bonds is 4. The number of hydrogen-bond donors (Lipinski definition) is 4. The summed E-state index contributed by atoms with van der Waals surface area (Å²) in [6.45, 7) is 3.59. The first kappa shape index (κ1) is 39.1. The lowest BCUT2D eigenvalue weighted by atomic mass is 10.0. The van der Waals surface area contributed by atoms with Gasteiger partial charge in [-0.05, 0) is 61.6 Å². The molecular weight excluding hydrogens is 732 g/mol. The number of aliphatic carboxylic acids is 2. The second-order valence-corrected chi connectivity index (χ2v) is 11.6. The standard InChI is InChI=1S/C27H26ClN7O3.2C2HF3O2/c1-16-8-23(34-38-16)26(36)35-7-6-18(14-35)15-37-24-5-4-20-10-19(24)3-2-17-9-21(12-29-11-17)32-27-30-13-22(28)25(31-20)33-27;2*3-2(4,5)1(6)7/h4-5,8-13,18H,2-3,6-7,14-15H2,1H3,(H2,30,31,32,33);2*(H,6,7). The fourth-order valence-electron chi connectivity index (χ4n) is 4.74. The van der Waals surface area contributed by atoms with E-state index in [9.17, 15) is 31.1 Å². The normalized spacial score (nSPS) is 15.1. The predicted octanol–water partition coefficient (Wildman–Crippen LogP) is 6.21. The quantitative estimate of drug-likeness (QED) is 0.172. The largest absolute Gasteiger partial charge is 0.493 e. The van der Waals surface area contributed by atoms with Crippen LogP contribution in [0.2, 0.25) is 5.02 Å². The number of carboxylic acid groups (broad SMARTS) is 2. The van der Waals surface area contributed by atoms with Gasteiger partial charge >= 0.3 is 24.3 Å². The smallest absolute Gasteiger partial charge is 0.490 e. The topological polar surface area (TPSA) is 193 Å². The Hall–Kier alpha value is -5.66. The second-order valence-electron chi connectivity index (χ2n) is 11.2. The highest BCUT2D eigenvalue weighted by Crippen LogP contribution is 2.31. The Labute approximate surface area is 294 Å². The molecule has 6 bridgehead atoms. The molecule has 1 atom stereocenters. The number of benzene rings is 1. The summed E-state index contributed by atoms with van der Waals surface area (Å²) in [4.78, 5) is 45.5. The molecule has 1 saturated heterocycles. The lowest BCUT2D eigenvalue weighted by Gasteiger charge is -2.18. The maximum atomic E-state index is 12.7. The number of ether oxygens (including phenoxy) is 1. The number of nitrogens with one attached hydrogen (secondary N) is 2. The Morgan fingerprint density at radius 2 is 1.67 bits per heavy atom. The monoisotopic (exact) mass is 759 g/mol. The van der Waals surface area contributed by atoms with Crippen molar-refractivity contribution >= 4 is 52.6 Å². The van der Waals surface area contributed by atoms with Crippen LogP contribution in [0, 0.1) is 12.8 Å². The lowest BCUT2D eigenvalue weighted by Crippen LogP contribution is -2.29. The molecule has 0 aliphatic carbocycles. The summed E-state index contributed by atoms with van der Waals surface area (Å²) in [5, 5.41) is 25.0. The number of hydrogen-bond acceptors (Lipinski definition) is 11. The molecule has 4 aromatic rings. The van der Waals surface area contributed by atoms with E-state index >= 15 is 0 Å². The highest BCUT2D eigenvalue weighted by atomic mass is 35.5. The molecule has 0 spiro atoms. The number of anilines is 4. The molecule has 21 heteroatoms. The van der Waals surface area contributed by atoms with Gasteiger partial charge in [0.25, 0.3) is 5.91 Å². The summed E-state index contributed by atoms with van der Waals surface area (Å²) in [7, 11) is 0. The summed E-state index contributed by atoms with van der Waals surface area (Å²) >= 11 is 6.37. The van der Waals surface area contributed by atoms with Crippen molar-refractivity contribution in [2.75, 3.05) is 30.3 Å². The second kappa shape index (κ2) is 16.6. The maximum absolute atomic E-state index is 12.7. The number of aromatic nitrogens is 4. The van der Waals surface area contributed by atoms with Crippen LogP contribution >= 0.6 is 11.6 Å². The van der Waals surface area contributed by atoms with E-state index in [1.807, 2.05) is 29.3 Å². The Kier molecular flexibility index (Phi) is 12.5. The van der Waals surface area contributed by atoms with Gasteiger partial charge in [0.2, 0.25) is 5.95 Å². The minimum Gasteiger partial charge on any atom is -0.493 e. The Morgan fingerprint density at radius 1 is 0.981 bits per heavy atom. The van der Waals surface area contributed by atoms with Crippen molar-refractivity contribution in [3.63, 3.8) is 0 Å². The molecule has 1 fully saturated rings. The van der Waals surface area contributed by atoms with Crippen molar-refractivity contribution in [1.29, 1.82) is 0 Å². The number of carboxylic acids is 2. The number of aryl methyl sites for hydroxylation is 3. The molecule has 2 aliphatic heterocycles. The molecule has 3 aromatic heterocycles. The zero-order valence-corrected chi connectivity index (χ0v) is 27.5. The van der Waals surface area contributed by atoms with Crippen molar-refractivity contribution < 1.29 is 60.2 Å². The molecule has 0 radical (unpaired) electrons. The first-order valence-corrected chi connectivity index (χ1v) is 15.4. The summed E-state index contributed by atoms with van der Waals surface area (Å²) in [6, 6.07) is 9.69. The number of alkyl halides is 6. The predicted molar refractivity (Wildman–Crippen MR) is 170 cm³/mol. The molecule has 1 unspecified atom stereocenters. The number of carbonyl (C=O) groups excluding carboxylic acids is 1. The van der Waals surface area contributed by atoms with E-state index in [0.29, 0.717) is 47.9 Å². The van der Waals surface area contributed by atoms with Crippen LogP contribution < -0.4 is 15.4 Å². The number of pyridine rings is 1. The van der Waals surface area contributed by atoms with E-state index in [1.165, 1.54) is 0 Å².